The minimum atomic E-state index is 0.0121. The van der Waals surface area contributed by atoms with Crippen molar-refractivity contribution in [2.45, 2.75) is 57.6 Å². The Morgan fingerprint density at radius 2 is 2.05 bits per heavy atom. The van der Waals surface area contributed by atoms with Crippen molar-refractivity contribution in [1.82, 2.24) is 9.97 Å². The number of hydrogen-bond donors (Lipinski definition) is 1. The number of anilines is 1. The van der Waals surface area contributed by atoms with Crippen molar-refractivity contribution < 1.29 is 4.74 Å². The van der Waals surface area contributed by atoms with E-state index in [1.807, 2.05) is 6.07 Å². The lowest BCUT2D eigenvalue weighted by atomic mass is 9.86. The second-order valence-corrected chi connectivity index (χ2v) is 6.34. The van der Waals surface area contributed by atoms with E-state index in [-0.39, 0.29) is 6.10 Å². The van der Waals surface area contributed by atoms with Crippen molar-refractivity contribution in [3.05, 3.63) is 17.0 Å². The van der Waals surface area contributed by atoms with Crippen molar-refractivity contribution in [3.8, 4) is 0 Å². The predicted molar refractivity (Wildman–Crippen MR) is 80.0 cm³/mol. The number of ether oxygens (including phenoxy) is 1. The van der Waals surface area contributed by atoms with E-state index in [4.69, 9.17) is 16.3 Å². The molecular formula is C15H22ClN3O. The normalized spacial score (nSPS) is 30.4. The second-order valence-electron chi connectivity index (χ2n) is 5.95. The molecule has 1 aliphatic carbocycles. The van der Waals surface area contributed by atoms with Crippen LogP contribution >= 0.6 is 11.6 Å². The molecule has 2 aliphatic rings. The highest BCUT2D eigenvalue weighted by Crippen LogP contribution is 2.30. The first kappa shape index (κ1) is 14.1. The third kappa shape index (κ3) is 3.23. The van der Waals surface area contributed by atoms with E-state index in [0.717, 1.165) is 31.1 Å². The summed E-state index contributed by atoms with van der Waals surface area (Å²) in [5.74, 6) is 2.25. The van der Waals surface area contributed by atoms with E-state index in [1.165, 1.54) is 25.7 Å². The summed E-state index contributed by atoms with van der Waals surface area (Å²) in [4.78, 5) is 8.93. The molecule has 0 amide bonds. The first-order chi connectivity index (χ1) is 9.72. The Hall–Kier alpha value is -0.870. The smallest absolute Gasteiger partial charge is 0.161 e. The molecule has 110 valence electrons. The van der Waals surface area contributed by atoms with Crippen LogP contribution in [-0.2, 0) is 4.74 Å². The molecule has 2 fully saturated rings. The lowest BCUT2D eigenvalue weighted by Gasteiger charge is -2.30. The Morgan fingerprint density at radius 3 is 2.80 bits per heavy atom. The summed E-state index contributed by atoms with van der Waals surface area (Å²) < 4.78 is 5.65. The molecule has 4 nitrogen and oxygen atoms in total. The van der Waals surface area contributed by atoms with Crippen molar-refractivity contribution in [2.75, 3.05) is 11.9 Å². The van der Waals surface area contributed by atoms with Crippen LogP contribution in [0.2, 0.25) is 5.15 Å². The molecule has 3 rings (SSSR count). The van der Waals surface area contributed by atoms with E-state index in [9.17, 15) is 0 Å². The fraction of sp³-hybridized carbons (Fsp3) is 0.733. The SMILES string of the molecule is CC1CCCCC1Nc1cc(Cl)nc(C2CCCO2)n1. The number of halogens is 1. The highest BCUT2D eigenvalue weighted by molar-refractivity contribution is 6.29. The number of nitrogens with zero attached hydrogens (tertiary/aromatic N) is 2. The minimum absolute atomic E-state index is 0.0121. The van der Waals surface area contributed by atoms with Gasteiger partial charge in [0.2, 0.25) is 0 Å². The Bertz CT molecular complexity index is 462. The Morgan fingerprint density at radius 1 is 1.20 bits per heavy atom. The van der Waals surface area contributed by atoms with E-state index < -0.39 is 0 Å². The van der Waals surface area contributed by atoms with Gasteiger partial charge >= 0.3 is 0 Å². The maximum Gasteiger partial charge on any atom is 0.161 e. The van der Waals surface area contributed by atoms with E-state index in [2.05, 4.69) is 22.2 Å². The topological polar surface area (TPSA) is 47.0 Å². The van der Waals surface area contributed by atoms with Crippen LogP contribution in [0.5, 0.6) is 0 Å². The molecule has 1 N–H and O–H groups in total. The number of nitrogens with one attached hydrogen (secondary N) is 1. The van der Waals surface area contributed by atoms with Crippen LogP contribution in [0.15, 0.2) is 6.07 Å². The van der Waals surface area contributed by atoms with Crippen molar-refractivity contribution in [1.29, 1.82) is 0 Å². The van der Waals surface area contributed by atoms with Gasteiger partial charge in [-0.3, -0.25) is 0 Å². The number of hydrogen-bond acceptors (Lipinski definition) is 4. The van der Waals surface area contributed by atoms with Crippen LogP contribution in [-0.4, -0.2) is 22.6 Å². The van der Waals surface area contributed by atoms with Crippen LogP contribution in [0.25, 0.3) is 0 Å². The van der Waals surface area contributed by atoms with E-state index >= 15 is 0 Å². The second kappa shape index (κ2) is 6.27. The fourth-order valence-electron chi connectivity index (χ4n) is 3.16. The van der Waals surface area contributed by atoms with Gasteiger partial charge < -0.3 is 10.1 Å². The highest BCUT2D eigenvalue weighted by Gasteiger charge is 2.24. The molecule has 1 saturated carbocycles. The van der Waals surface area contributed by atoms with Gasteiger partial charge in [-0.1, -0.05) is 31.4 Å². The van der Waals surface area contributed by atoms with Crippen molar-refractivity contribution in [2.24, 2.45) is 5.92 Å². The summed E-state index contributed by atoms with van der Waals surface area (Å²) in [6.07, 6.45) is 7.19. The van der Waals surface area contributed by atoms with Crippen LogP contribution in [0.1, 0.15) is 57.4 Å². The summed E-state index contributed by atoms with van der Waals surface area (Å²) >= 11 is 6.14. The van der Waals surface area contributed by atoms with Crippen LogP contribution < -0.4 is 5.32 Å². The summed E-state index contributed by atoms with van der Waals surface area (Å²) in [6.45, 7) is 3.10. The summed E-state index contributed by atoms with van der Waals surface area (Å²) in [5, 5.41) is 4.04. The standard InChI is InChI=1S/C15H22ClN3O/c1-10-5-2-3-6-11(10)17-14-9-13(16)18-15(19-14)12-7-4-8-20-12/h9-12H,2-8H2,1H3,(H,17,18,19). The highest BCUT2D eigenvalue weighted by atomic mass is 35.5. The Labute approximate surface area is 125 Å². The lowest BCUT2D eigenvalue weighted by molar-refractivity contribution is 0.105. The van der Waals surface area contributed by atoms with Gasteiger partial charge in [0.1, 0.15) is 17.1 Å². The molecule has 2 heterocycles. The fourth-order valence-corrected chi connectivity index (χ4v) is 3.35. The monoisotopic (exact) mass is 295 g/mol. The van der Waals surface area contributed by atoms with Gasteiger partial charge in [0.15, 0.2) is 5.82 Å². The summed E-state index contributed by atoms with van der Waals surface area (Å²) in [7, 11) is 0. The Kier molecular flexibility index (Phi) is 4.41. The van der Waals surface area contributed by atoms with Gasteiger partial charge in [-0.15, -0.1) is 0 Å². The predicted octanol–water partition coefficient (Wildman–Crippen LogP) is 3.97. The molecule has 0 aromatic carbocycles. The largest absolute Gasteiger partial charge is 0.370 e. The maximum absolute atomic E-state index is 6.14. The molecule has 1 saturated heterocycles. The zero-order valence-corrected chi connectivity index (χ0v) is 12.7. The Balaban J connectivity index is 1.75. The van der Waals surface area contributed by atoms with Crippen LogP contribution in [0.3, 0.4) is 0 Å². The quantitative estimate of drug-likeness (QED) is 0.857. The number of aromatic nitrogens is 2. The van der Waals surface area contributed by atoms with Gasteiger partial charge in [-0.2, -0.15) is 0 Å². The first-order valence-electron chi connectivity index (χ1n) is 7.65. The van der Waals surface area contributed by atoms with Crippen LogP contribution in [0.4, 0.5) is 5.82 Å². The molecule has 3 unspecified atom stereocenters. The lowest BCUT2D eigenvalue weighted by Crippen LogP contribution is -2.30. The molecule has 1 aromatic heterocycles. The van der Waals surface area contributed by atoms with E-state index in [0.29, 0.717) is 17.1 Å². The molecule has 0 bridgehead atoms. The molecule has 5 heteroatoms. The zero-order chi connectivity index (χ0) is 13.9. The maximum atomic E-state index is 6.14. The number of rotatable bonds is 3. The summed E-state index contributed by atoms with van der Waals surface area (Å²) in [6, 6.07) is 2.31. The molecule has 0 radical (unpaired) electrons. The summed E-state index contributed by atoms with van der Waals surface area (Å²) in [5.41, 5.74) is 0. The van der Waals surface area contributed by atoms with Gasteiger partial charge in [0.05, 0.1) is 0 Å². The molecule has 3 atom stereocenters. The minimum Gasteiger partial charge on any atom is -0.370 e. The third-order valence-corrected chi connectivity index (χ3v) is 4.57. The molecule has 1 aliphatic heterocycles. The van der Waals surface area contributed by atoms with E-state index in [1.54, 1.807) is 0 Å². The first-order valence-corrected chi connectivity index (χ1v) is 8.03. The average Bonchev–Trinajstić information content (AvgIpc) is 2.95. The van der Waals surface area contributed by atoms with Gasteiger partial charge in [0, 0.05) is 18.7 Å². The third-order valence-electron chi connectivity index (χ3n) is 4.37. The van der Waals surface area contributed by atoms with Crippen LogP contribution in [0, 0.1) is 5.92 Å². The molecule has 0 spiro atoms. The van der Waals surface area contributed by atoms with Gasteiger partial charge in [-0.05, 0) is 31.6 Å². The molecule has 1 aromatic rings. The van der Waals surface area contributed by atoms with Gasteiger partial charge in [-0.25, -0.2) is 9.97 Å². The zero-order valence-electron chi connectivity index (χ0n) is 11.9. The van der Waals surface area contributed by atoms with Crippen molar-refractivity contribution in [3.63, 3.8) is 0 Å². The van der Waals surface area contributed by atoms with Gasteiger partial charge in [0.25, 0.3) is 0 Å². The van der Waals surface area contributed by atoms with Crippen molar-refractivity contribution >= 4 is 17.4 Å². The molecule has 20 heavy (non-hydrogen) atoms. The average molecular weight is 296 g/mol. The molecular weight excluding hydrogens is 274 g/mol.